The largest absolute Gasteiger partial charge is 0.416 e. The molecule has 0 fully saturated rings. The van der Waals surface area contributed by atoms with Crippen molar-refractivity contribution in [2.75, 3.05) is 5.32 Å². The van der Waals surface area contributed by atoms with Gasteiger partial charge in [-0.1, -0.05) is 18.2 Å². The van der Waals surface area contributed by atoms with Gasteiger partial charge in [0.1, 0.15) is 0 Å². The van der Waals surface area contributed by atoms with E-state index in [-0.39, 0.29) is 11.6 Å². The van der Waals surface area contributed by atoms with Gasteiger partial charge in [0.2, 0.25) is 5.95 Å². The molecule has 0 saturated carbocycles. The Hall–Kier alpha value is -3.62. The number of alkyl halides is 3. The fourth-order valence-corrected chi connectivity index (χ4v) is 3.87. The molecule has 0 aliphatic carbocycles. The van der Waals surface area contributed by atoms with Crippen LogP contribution in [0.1, 0.15) is 22.9 Å². The Kier molecular flexibility index (Phi) is 3.96. The maximum absolute atomic E-state index is 13.0. The number of hydrogen-bond donors (Lipinski definition) is 1. The van der Waals surface area contributed by atoms with Crippen LogP contribution in [0.2, 0.25) is 0 Å². The summed E-state index contributed by atoms with van der Waals surface area (Å²) in [6, 6.07) is 10.2. The summed E-state index contributed by atoms with van der Waals surface area (Å²) in [5.74, 6) is 0.396. The van der Waals surface area contributed by atoms with Crippen molar-refractivity contribution in [3.05, 3.63) is 82.0 Å². The van der Waals surface area contributed by atoms with Crippen LogP contribution in [-0.4, -0.2) is 19.3 Å². The molecule has 0 amide bonds. The van der Waals surface area contributed by atoms with E-state index < -0.39 is 11.7 Å². The molecule has 0 radical (unpaired) electrons. The van der Waals surface area contributed by atoms with Gasteiger partial charge in [-0.05, 0) is 29.8 Å². The highest BCUT2D eigenvalue weighted by Gasteiger charge is 2.31. The predicted octanol–water partition coefficient (Wildman–Crippen LogP) is 3.85. The van der Waals surface area contributed by atoms with Gasteiger partial charge in [-0.2, -0.15) is 23.0 Å². The quantitative estimate of drug-likeness (QED) is 0.544. The van der Waals surface area contributed by atoms with Crippen molar-refractivity contribution in [3.63, 3.8) is 0 Å². The molecule has 3 heterocycles. The number of aryl methyl sites for hydroxylation is 1. The number of hydrogen-bond acceptors (Lipinski definition) is 4. The maximum atomic E-state index is 13.0. The van der Waals surface area contributed by atoms with Crippen molar-refractivity contribution in [1.82, 2.24) is 19.3 Å². The Bertz CT molecular complexity index is 1320. The molecule has 6 nitrogen and oxygen atoms in total. The van der Waals surface area contributed by atoms with Gasteiger partial charge in [-0.25, -0.2) is 4.98 Å². The van der Waals surface area contributed by atoms with Crippen molar-refractivity contribution in [3.8, 4) is 5.95 Å². The summed E-state index contributed by atoms with van der Waals surface area (Å²) in [7, 11) is 1.77. The van der Waals surface area contributed by atoms with E-state index in [1.54, 1.807) is 36.1 Å². The smallest absolute Gasteiger partial charge is 0.377 e. The van der Waals surface area contributed by atoms with Crippen LogP contribution in [0, 0.1) is 0 Å². The molecule has 2 aromatic heterocycles. The van der Waals surface area contributed by atoms with Gasteiger partial charge in [0, 0.05) is 36.9 Å². The number of anilines is 1. The van der Waals surface area contributed by atoms with E-state index in [2.05, 4.69) is 15.4 Å². The summed E-state index contributed by atoms with van der Waals surface area (Å²) in [5, 5.41) is 9.15. The lowest BCUT2D eigenvalue weighted by molar-refractivity contribution is -0.137. The molecule has 1 atom stereocenters. The topological polar surface area (TPSA) is 64.7 Å². The number of benzene rings is 2. The molecule has 2 aromatic carbocycles. The molecular formula is C21H16F3N5O. The molecule has 5 rings (SSSR count). The molecule has 1 unspecified atom stereocenters. The molecule has 1 aliphatic heterocycles. The van der Waals surface area contributed by atoms with Gasteiger partial charge in [0.15, 0.2) is 0 Å². The van der Waals surface area contributed by atoms with Crippen LogP contribution >= 0.6 is 0 Å². The van der Waals surface area contributed by atoms with E-state index in [0.717, 1.165) is 23.2 Å². The van der Waals surface area contributed by atoms with E-state index in [1.165, 1.54) is 16.8 Å². The van der Waals surface area contributed by atoms with Crippen LogP contribution in [0.3, 0.4) is 0 Å². The first-order valence-corrected chi connectivity index (χ1v) is 9.29. The zero-order valence-corrected chi connectivity index (χ0v) is 15.8. The number of imidazole rings is 1. The highest BCUT2D eigenvalue weighted by Crippen LogP contribution is 2.36. The Morgan fingerprint density at radius 2 is 1.90 bits per heavy atom. The molecule has 1 aliphatic rings. The molecule has 1 N–H and O–H groups in total. The lowest BCUT2D eigenvalue weighted by Crippen LogP contribution is -2.29. The van der Waals surface area contributed by atoms with Gasteiger partial charge in [0.25, 0.3) is 5.56 Å². The second-order valence-corrected chi connectivity index (χ2v) is 7.25. The van der Waals surface area contributed by atoms with Gasteiger partial charge in [0.05, 0.1) is 22.7 Å². The fraction of sp³-hybridized carbons (Fsp3) is 0.190. The lowest BCUT2D eigenvalue weighted by Gasteiger charge is -2.27. The van der Waals surface area contributed by atoms with Crippen LogP contribution < -0.4 is 10.9 Å². The van der Waals surface area contributed by atoms with E-state index in [1.807, 2.05) is 6.07 Å². The van der Waals surface area contributed by atoms with Gasteiger partial charge >= 0.3 is 6.18 Å². The number of halogens is 3. The third kappa shape index (κ3) is 2.85. The number of nitrogens with zero attached hydrogens (tertiary/aromatic N) is 4. The van der Waals surface area contributed by atoms with Crippen LogP contribution in [0.15, 0.2) is 59.7 Å². The third-order valence-corrected chi connectivity index (χ3v) is 5.35. The van der Waals surface area contributed by atoms with Crippen molar-refractivity contribution >= 4 is 16.5 Å². The number of rotatable bonds is 2. The highest BCUT2D eigenvalue weighted by molar-refractivity contribution is 5.96. The molecule has 0 bridgehead atoms. The monoisotopic (exact) mass is 411 g/mol. The average molecular weight is 411 g/mol. The standard InChI is InChI=1S/C21H16F3N5O/c1-28-10-9-25-20(28)29-19(30)14-3-2-4-15-18(14)17(27-29)11-16(26-15)12-5-7-13(8-6-12)21(22,23)24/h2-10,16,26H,11H2,1H3. The minimum absolute atomic E-state index is 0.273. The Morgan fingerprint density at radius 3 is 2.57 bits per heavy atom. The van der Waals surface area contributed by atoms with Crippen molar-refractivity contribution in [2.24, 2.45) is 7.05 Å². The molecule has 152 valence electrons. The van der Waals surface area contributed by atoms with Crippen LogP contribution in [0.5, 0.6) is 0 Å². The fourth-order valence-electron chi connectivity index (χ4n) is 3.87. The summed E-state index contributed by atoms with van der Waals surface area (Å²) >= 11 is 0. The normalized spacial score (nSPS) is 15.9. The van der Waals surface area contributed by atoms with Crippen LogP contribution in [0.4, 0.5) is 18.9 Å². The predicted molar refractivity (Wildman–Crippen MR) is 106 cm³/mol. The SMILES string of the molecule is Cn1ccnc1-n1nc2c3c(cccc3c1=O)NC(c1ccc(C(F)(F)F)cc1)C2. The minimum atomic E-state index is -4.38. The first-order valence-electron chi connectivity index (χ1n) is 9.29. The third-order valence-electron chi connectivity index (χ3n) is 5.35. The second kappa shape index (κ2) is 6.45. The Labute approximate surface area is 168 Å². The maximum Gasteiger partial charge on any atom is 0.416 e. The van der Waals surface area contributed by atoms with E-state index in [0.29, 0.717) is 29.0 Å². The molecule has 0 spiro atoms. The zero-order valence-electron chi connectivity index (χ0n) is 15.8. The van der Waals surface area contributed by atoms with Gasteiger partial charge in [-0.3, -0.25) is 4.79 Å². The summed E-state index contributed by atoms with van der Waals surface area (Å²) in [4.78, 5) is 17.2. The Morgan fingerprint density at radius 1 is 1.13 bits per heavy atom. The van der Waals surface area contributed by atoms with Crippen LogP contribution in [-0.2, 0) is 19.6 Å². The zero-order chi connectivity index (χ0) is 21.0. The van der Waals surface area contributed by atoms with E-state index >= 15 is 0 Å². The first kappa shape index (κ1) is 18.4. The van der Waals surface area contributed by atoms with Crippen LogP contribution in [0.25, 0.3) is 16.7 Å². The second-order valence-electron chi connectivity index (χ2n) is 7.25. The highest BCUT2D eigenvalue weighted by atomic mass is 19.4. The Balaban J connectivity index is 1.62. The molecule has 0 saturated heterocycles. The van der Waals surface area contributed by atoms with Crippen molar-refractivity contribution in [2.45, 2.75) is 18.6 Å². The first-order chi connectivity index (χ1) is 14.3. The summed E-state index contributed by atoms with van der Waals surface area (Å²) in [6.45, 7) is 0. The molecule has 30 heavy (non-hydrogen) atoms. The van der Waals surface area contributed by atoms with Crippen molar-refractivity contribution < 1.29 is 13.2 Å². The minimum Gasteiger partial charge on any atom is -0.377 e. The number of nitrogens with one attached hydrogen (secondary N) is 1. The van der Waals surface area contributed by atoms with Crippen molar-refractivity contribution in [1.29, 1.82) is 0 Å². The number of aromatic nitrogens is 4. The summed E-state index contributed by atoms with van der Waals surface area (Å²) < 4.78 is 41.7. The summed E-state index contributed by atoms with van der Waals surface area (Å²) in [5.41, 5.74) is 1.16. The average Bonchev–Trinajstić information content (AvgIpc) is 3.15. The molecular weight excluding hydrogens is 395 g/mol. The van der Waals surface area contributed by atoms with Gasteiger partial charge < -0.3 is 9.88 Å². The summed E-state index contributed by atoms with van der Waals surface area (Å²) in [6.07, 6.45) is -0.648. The van der Waals surface area contributed by atoms with E-state index in [9.17, 15) is 18.0 Å². The molecule has 9 heteroatoms. The lowest BCUT2D eigenvalue weighted by atomic mass is 9.93. The van der Waals surface area contributed by atoms with Gasteiger partial charge in [-0.15, -0.1) is 0 Å². The molecule has 4 aromatic rings. The van der Waals surface area contributed by atoms with E-state index in [4.69, 9.17) is 0 Å².